The molecule has 0 bridgehead atoms. The zero-order valence-corrected chi connectivity index (χ0v) is 16.3. The van der Waals surface area contributed by atoms with E-state index in [1.54, 1.807) is 0 Å². The zero-order valence-electron chi connectivity index (χ0n) is 14.0. The van der Waals surface area contributed by atoms with E-state index in [4.69, 9.17) is 0 Å². The molecule has 0 amide bonds. The van der Waals surface area contributed by atoms with Gasteiger partial charge in [-0.05, 0) is 11.8 Å². The first-order chi connectivity index (χ1) is 8.05. The van der Waals surface area contributed by atoms with Gasteiger partial charge in [-0.3, -0.25) is 0 Å². The monoisotopic (exact) mass is 322 g/mol. The molecule has 2 aliphatic rings. The molecule has 0 radical (unpaired) electrons. The summed E-state index contributed by atoms with van der Waals surface area (Å²) in [6.07, 6.45) is 7.50. The normalized spacial score (nSPS) is 35.9. The molecule has 2 saturated carbocycles. The fourth-order valence-corrected chi connectivity index (χ4v) is 3.10. The van der Waals surface area contributed by atoms with Crippen LogP contribution in [-0.2, 0) is 19.4 Å². The Balaban J connectivity index is -0.000000244. The van der Waals surface area contributed by atoms with Crippen molar-refractivity contribution in [3.8, 4) is 0 Å². The molecule has 0 aromatic carbocycles. The second-order valence-electron chi connectivity index (χ2n) is 5.87. The van der Waals surface area contributed by atoms with Crippen LogP contribution in [0.25, 0.3) is 0 Å². The SMILES string of the molecule is C1CCCC1.[CH2-]C1C(C)C(C)C(C)C1C.[CH3-].[CH3-].[Cl][Ti+3]. The number of hydrogen-bond donors (Lipinski definition) is 0. The average Bonchev–Trinajstić information content (AvgIpc) is 2.99. The van der Waals surface area contributed by atoms with E-state index in [1.807, 2.05) is 0 Å². The summed E-state index contributed by atoms with van der Waals surface area (Å²) in [4.78, 5) is 0. The number of rotatable bonds is 0. The molecular weight excluding hydrogens is 288 g/mol. The van der Waals surface area contributed by atoms with Crippen molar-refractivity contribution >= 4 is 9.30 Å². The molecule has 0 N–H and O–H groups in total. The van der Waals surface area contributed by atoms with E-state index < -0.39 is 0 Å². The van der Waals surface area contributed by atoms with Gasteiger partial charge < -0.3 is 21.8 Å². The third kappa shape index (κ3) is 8.13. The fourth-order valence-electron chi connectivity index (χ4n) is 3.10. The van der Waals surface area contributed by atoms with E-state index >= 15 is 0 Å². The molecule has 0 spiro atoms. The van der Waals surface area contributed by atoms with Crippen molar-refractivity contribution in [2.75, 3.05) is 0 Å². The van der Waals surface area contributed by atoms with Crippen LogP contribution in [0.3, 0.4) is 0 Å². The van der Waals surface area contributed by atoms with E-state index in [1.165, 1.54) is 51.5 Å². The standard InChI is InChI=1S/C10H19.C5H10.2CH3.ClH.Ti/c1-6-7(2)9(4)10(5)8(6)3;1-2-4-5-3-1;;;;/h6-10H,1H2,2-5H3;1-5H2;2*1H3;1H;/q-1;;2*-1;;+4/p-1. The Labute approximate surface area is 139 Å². The van der Waals surface area contributed by atoms with Gasteiger partial charge in [0, 0.05) is 0 Å². The molecule has 19 heavy (non-hydrogen) atoms. The zero-order chi connectivity index (χ0) is 13.4. The van der Waals surface area contributed by atoms with Crippen LogP contribution in [0, 0.1) is 51.4 Å². The molecule has 4 atom stereocenters. The molecule has 0 heterocycles. The van der Waals surface area contributed by atoms with Crippen molar-refractivity contribution in [3.05, 3.63) is 21.8 Å². The summed E-state index contributed by atoms with van der Waals surface area (Å²) in [5.41, 5.74) is 0. The quantitative estimate of drug-likeness (QED) is 0.351. The third-order valence-electron chi connectivity index (χ3n) is 5.09. The first-order valence-electron chi connectivity index (χ1n) is 7.07. The van der Waals surface area contributed by atoms with Gasteiger partial charge in [-0.2, -0.15) is 5.92 Å². The Kier molecular flexibility index (Phi) is 18.4. The van der Waals surface area contributed by atoms with Crippen LogP contribution >= 0.6 is 9.30 Å². The summed E-state index contributed by atoms with van der Waals surface area (Å²) >= 11 is 1.47. The number of halogens is 1. The Morgan fingerprint density at radius 1 is 0.684 bits per heavy atom. The molecule has 0 nitrogen and oxygen atoms in total. The van der Waals surface area contributed by atoms with Gasteiger partial charge in [0.05, 0.1) is 0 Å². The van der Waals surface area contributed by atoms with Crippen molar-refractivity contribution in [2.45, 2.75) is 59.8 Å². The molecule has 0 saturated heterocycles. The summed E-state index contributed by atoms with van der Waals surface area (Å²) < 4.78 is 0. The van der Waals surface area contributed by atoms with E-state index in [9.17, 15) is 0 Å². The van der Waals surface area contributed by atoms with Gasteiger partial charge in [-0.15, -0.1) is 0 Å². The average molecular weight is 323 g/mol. The van der Waals surface area contributed by atoms with Gasteiger partial charge in [0.25, 0.3) is 0 Å². The maximum atomic E-state index is 4.64. The molecule has 2 rings (SSSR count). The molecule has 0 aliphatic heterocycles. The second-order valence-corrected chi connectivity index (χ2v) is 5.87. The van der Waals surface area contributed by atoms with Crippen LogP contribution in [0.5, 0.6) is 0 Å². The minimum absolute atomic E-state index is 0. The molecule has 2 aliphatic carbocycles. The summed E-state index contributed by atoms with van der Waals surface area (Å²) in [6, 6.07) is 0. The van der Waals surface area contributed by atoms with Crippen molar-refractivity contribution < 1.29 is 19.4 Å². The second kappa shape index (κ2) is 14.0. The fraction of sp³-hybridized carbons (Fsp3) is 0.824. The molecule has 0 aromatic rings. The topological polar surface area (TPSA) is 0 Å². The molecule has 2 fully saturated rings. The minimum atomic E-state index is 0. The summed E-state index contributed by atoms with van der Waals surface area (Å²) in [5, 5.41) is 0. The summed E-state index contributed by atoms with van der Waals surface area (Å²) in [7, 11) is 4.64. The van der Waals surface area contributed by atoms with Crippen LogP contribution < -0.4 is 0 Å². The predicted molar refractivity (Wildman–Crippen MR) is 87.3 cm³/mol. The molecular formula is C17H35ClTi. The summed E-state index contributed by atoms with van der Waals surface area (Å²) in [5.74, 6) is 4.08. The van der Waals surface area contributed by atoms with E-state index in [0.29, 0.717) is 5.92 Å². The summed E-state index contributed by atoms with van der Waals surface area (Å²) in [6.45, 7) is 13.6. The van der Waals surface area contributed by atoms with Gasteiger partial charge >= 0.3 is 28.7 Å². The van der Waals surface area contributed by atoms with Gasteiger partial charge in [-0.25, -0.2) is 0 Å². The van der Waals surface area contributed by atoms with Crippen LogP contribution in [0.15, 0.2) is 0 Å². The van der Waals surface area contributed by atoms with Gasteiger partial charge in [0.15, 0.2) is 0 Å². The van der Waals surface area contributed by atoms with Crippen molar-refractivity contribution in [1.29, 1.82) is 0 Å². The van der Waals surface area contributed by atoms with Crippen molar-refractivity contribution in [3.63, 3.8) is 0 Å². The Bertz CT molecular complexity index is 128. The predicted octanol–water partition coefficient (Wildman–Crippen LogP) is 6.53. The van der Waals surface area contributed by atoms with E-state index in [0.717, 1.165) is 23.7 Å². The number of hydrogen-bond acceptors (Lipinski definition) is 0. The first-order valence-corrected chi connectivity index (χ1v) is 9.22. The Morgan fingerprint density at radius 3 is 1.00 bits per heavy atom. The van der Waals surface area contributed by atoms with Crippen molar-refractivity contribution in [1.82, 2.24) is 0 Å². The molecule has 2 heteroatoms. The molecule has 114 valence electrons. The first kappa shape index (κ1) is 25.0. The Morgan fingerprint density at radius 2 is 0.895 bits per heavy atom. The molecule has 4 unspecified atom stereocenters. The van der Waals surface area contributed by atoms with Gasteiger partial charge in [0.1, 0.15) is 0 Å². The van der Waals surface area contributed by atoms with Crippen molar-refractivity contribution in [2.24, 2.45) is 29.6 Å². The molecule has 0 aromatic heterocycles. The Hall–Kier alpha value is 1.00. The van der Waals surface area contributed by atoms with Gasteiger partial charge in [0.2, 0.25) is 0 Å². The van der Waals surface area contributed by atoms with Crippen LogP contribution in [-0.4, -0.2) is 0 Å². The van der Waals surface area contributed by atoms with Crippen LogP contribution in [0.1, 0.15) is 59.8 Å². The van der Waals surface area contributed by atoms with E-state index in [-0.39, 0.29) is 14.9 Å². The maximum absolute atomic E-state index is 4.64. The third-order valence-corrected chi connectivity index (χ3v) is 5.09. The van der Waals surface area contributed by atoms with Crippen LogP contribution in [0.4, 0.5) is 0 Å². The van der Waals surface area contributed by atoms with Crippen LogP contribution in [0.2, 0.25) is 0 Å². The van der Waals surface area contributed by atoms with E-state index in [2.05, 4.69) is 43.9 Å². The van der Waals surface area contributed by atoms with Gasteiger partial charge in [-0.1, -0.05) is 71.6 Å².